The molecule has 0 aliphatic carbocycles. The maximum absolute atomic E-state index is 6.17. The summed E-state index contributed by atoms with van der Waals surface area (Å²) >= 11 is 2.11. The van der Waals surface area contributed by atoms with Crippen LogP contribution >= 0.6 is 11.8 Å². The molecule has 0 spiro atoms. The van der Waals surface area contributed by atoms with Gasteiger partial charge in [0.25, 0.3) is 0 Å². The lowest BCUT2D eigenvalue weighted by atomic mass is 9.93. The third-order valence-electron chi connectivity index (χ3n) is 5.42. The highest BCUT2D eigenvalue weighted by Gasteiger charge is 2.41. The van der Waals surface area contributed by atoms with Gasteiger partial charge in [0.1, 0.15) is 0 Å². The van der Waals surface area contributed by atoms with Gasteiger partial charge in [0.15, 0.2) is 0 Å². The molecule has 0 radical (unpaired) electrons. The minimum atomic E-state index is 0.327. The molecular formula is C15H29N3S. The molecule has 3 aliphatic rings. The zero-order chi connectivity index (χ0) is 13.1. The smallest absolute Gasteiger partial charge is 0.0422 e. The predicted octanol–water partition coefficient (Wildman–Crippen LogP) is 1.77. The summed E-state index contributed by atoms with van der Waals surface area (Å²) in [4.78, 5) is 5.50. The zero-order valence-corrected chi connectivity index (χ0v) is 13.0. The van der Waals surface area contributed by atoms with Gasteiger partial charge in [0, 0.05) is 37.0 Å². The number of piperidine rings is 1. The van der Waals surface area contributed by atoms with E-state index in [0.29, 0.717) is 5.54 Å². The van der Waals surface area contributed by atoms with Gasteiger partial charge in [-0.3, -0.25) is 9.80 Å². The Morgan fingerprint density at radius 2 is 1.95 bits per heavy atom. The first-order valence-electron chi connectivity index (χ1n) is 8.11. The van der Waals surface area contributed by atoms with Crippen molar-refractivity contribution in [2.24, 2.45) is 5.73 Å². The van der Waals surface area contributed by atoms with E-state index >= 15 is 0 Å². The van der Waals surface area contributed by atoms with Gasteiger partial charge in [-0.25, -0.2) is 0 Å². The molecule has 0 bridgehead atoms. The second-order valence-corrected chi connectivity index (χ2v) is 7.67. The summed E-state index contributed by atoms with van der Waals surface area (Å²) in [6, 6.07) is 0.815. The fourth-order valence-electron chi connectivity index (χ4n) is 4.13. The highest BCUT2D eigenvalue weighted by Crippen LogP contribution is 2.35. The van der Waals surface area contributed by atoms with E-state index in [1.54, 1.807) is 0 Å². The number of hydrogen-bond acceptors (Lipinski definition) is 4. The fraction of sp³-hybridized carbons (Fsp3) is 1.00. The SMILES string of the molecule is NCC1(N2CCC(N3CCCCC3)C2)CCCSC1. The van der Waals surface area contributed by atoms with Gasteiger partial charge in [-0.1, -0.05) is 6.42 Å². The highest BCUT2D eigenvalue weighted by molar-refractivity contribution is 7.99. The van der Waals surface area contributed by atoms with Crippen molar-refractivity contribution >= 4 is 11.8 Å². The van der Waals surface area contributed by atoms with Gasteiger partial charge in [0.2, 0.25) is 0 Å². The Balaban J connectivity index is 1.60. The molecular weight excluding hydrogens is 254 g/mol. The molecule has 2 unspecified atom stereocenters. The predicted molar refractivity (Wildman–Crippen MR) is 83.7 cm³/mol. The molecule has 110 valence electrons. The molecule has 3 saturated heterocycles. The first-order chi connectivity index (χ1) is 9.34. The van der Waals surface area contributed by atoms with E-state index in [4.69, 9.17) is 5.73 Å². The topological polar surface area (TPSA) is 32.5 Å². The first kappa shape index (κ1) is 14.2. The summed E-state index contributed by atoms with van der Waals surface area (Å²) < 4.78 is 0. The second kappa shape index (κ2) is 6.33. The van der Waals surface area contributed by atoms with Gasteiger partial charge in [-0.15, -0.1) is 0 Å². The van der Waals surface area contributed by atoms with Crippen molar-refractivity contribution in [2.45, 2.75) is 50.1 Å². The van der Waals surface area contributed by atoms with Crippen LogP contribution in [0.2, 0.25) is 0 Å². The maximum Gasteiger partial charge on any atom is 0.0422 e. The molecule has 4 heteroatoms. The molecule has 2 N–H and O–H groups in total. The number of rotatable bonds is 3. The molecule has 0 aromatic rings. The van der Waals surface area contributed by atoms with E-state index in [0.717, 1.165) is 12.6 Å². The van der Waals surface area contributed by atoms with E-state index in [9.17, 15) is 0 Å². The van der Waals surface area contributed by atoms with Gasteiger partial charge in [-0.05, 0) is 50.9 Å². The lowest BCUT2D eigenvalue weighted by molar-refractivity contribution is 0.108. The molecule has 3 nitrogen and oxygen atoms in total. The Morgan fingerprint density at radius 1 is 1.11 bits per heavy atom. The zero-order valence-electron chi connectivity index (χ0n) is 12.1. The maximum atomic E-state index is 6.17. The lowest BCUT2D eigenvalue weighted by Crippen LogP contribution is -2.57. The Hall–Kier alpha value is 0.230. The average molecular weight is 283 g/mol. The highest BCUT2D eigenvalue weighted by atomic mass is 32.2. The first-order valence-corrected chi connectivity index (χ1v) is 9.26. The van der Waals surface area contributed by atoms with E-state index in [2.05, 4.69) is 21.6 Å². The van der Waals surface area contributed by atoms with Crippen LogP contribution in [0.15, 0.2) is 0 Å². The van der Waals surface area contributed by atoms with Crippen LogP contribution in [0.1, 0.15) is 38.5 Å². The Morgan fingerprint density at radius 3 is 2.63 bits per heavy atom. The summed E-state index contributed by atoms with van der Waals surface area (Å²) in [5.74, 6) is 2.60. The van der Waals surface area contributed by atoms with E-state index in [1.807, 2.05) is 0 Å². The third kappa shape index (κ3) is 2.97. The Labute approximate surface area is 122 Å². The van der Waals surface area contributed by atoms with Gasteiger partial charge in [0.05, 0.1) is 0 Å². The molecule has 3 heterocycles. The van der Waals surface area contributed by atoms with Gasteiger partial charge in [-0.2, -0.15) is 11.8 Å². The molecule has 3 rings (SSSR count). The number of likely N-dealkylation sites (tertiary alicyclic amines) is 2. The molecule has 0 aromatic heterocycles. The van der Waals surface area contributed by atoms with Crippen LogP contribution in [-0.4, -0.2) is 65.6 Å². The van der Waals surface area contributed by atoms with Crippen LogP contribution in [0.3, 0.4) is 0 Å². The molecule has 3 fully saturated rings. The molecule has 2 atom stereocenters. The van der Waals surface area contributed by atoms with Gasteiger partial charge < -0.3 is 5.73 Å². The third-order valence-corrected chi connectivity index (χ3v) is 6.74. The largest absolute Gasteiger partial charge is 0.329 e. The van der Waals surface area contributed by atoms with Crippen molar-refractivity contribution in [3.63, 3.8) is 0 Å². The van der Waals surface area contributed by atoms with Crippen molar-refractivity contribution in [1.29, 1.82) is 0 Å². The van der Waals surface area contributed by atoms with Crippen LogP contribution in [0.5, 0.6) is 0 Å². The minimum absolute atomic E-state index is 0.327. The fourth-order valence-corrected chi connectivity index (χ4v) is 5.45. The van der Waals surface area contributed by atoms with E-state index in [1.165, 1.54) is 76.2 Å². The molecule has 3 aliphatic heterocycles. The quantitative estimate of drug-likeness (QED) is 0.856. The lowest BCUT2D eigenvalue weighted by Gasteiger charge is -2.44. The van der Waals surface area contributed by atoms with Crippen molar-refractivity contribution in [3.05, 3.63) is 0 Å². The van der Waals surface area contributed by atoms with E-state index < -0.39 is 0 Å². The average Bonchev–Trinajstić information content (AvgIpc) is 2.99. The minimum Gasteiger partial charge on any atom is -0.329 e. The molecule has 0 amide bonds. The molecule has 0 saturated carbocycles. The number of hydrogen-bond donors (Lipinski definition) is 1. The summed E-state index contributed by atoms with van der Waals surface area (Å²) in [5.41, 5.74) is 6.50. The summed E-state index contributed by atoms with van der Waals surface area (Å²) in [6.07, 6.45) is 8.31. The van der Waals surface area contributed by atoms with E-state index in [-0.39, 0.29) is 0 Å². The van der Waals surface area contributed by atoms with Crippen molar-refractivity contribution in [3.8, 4) is 0 Å². The molecule has 0 aromatic carbocycles. The summed E-state index contributed by atoms with van der Waals surface area (Å²) in [5, 5.41) is 0. The van der Waals surface area contributed by atoms with Crippen molar-refractivity contribution in [1.82, 2.24) is 9.80 Å². The normalized spacial score (nSPS) is 38.7. The Bertz CT molecular complexity index is 285. The van der Waals surface area contributed by atoms with Crippen LogP contribution in [0, 0.1) is 0 Å². The second-order valence-electron chi connectivity index (χ2n) is 6.57. The molecule has 19 heavy (non-hydrogen) atoms. The van der Waals surface area contributed by atoms with Crippen LogP contribution in [0.4, 0.5) is 0 Å². The Kier molecular flexibility index (Phi) is 4.73. The standard InChI is InChI=1S/C15H29N3S/c16-12-15(6-4-10-19-13-15)18-9-5-14(11-18)17-7-2-1-3-8-17/h14H,1-13,16H2. The van der Waals surface area contributed by atoms with Crippen molar-refractivity contribution in [2.75, 3.05) is 44.2 Å². The van der Waals surface area contributed by atoms with Crippen molar-refractivity contribution < 1.29 is 0 Å². The monoisotopic (exact) mass is 283 g/mol. The summed E-state index contributed by atoms with van der Waals surface area (Å²) in [7, 11) is 0. The number of nitrogens with zero attached hydrogens (tertiary/aromatic N) is 2. The number of thioether (sulfide) groups is 1. The van der Waals surface area contributed by atoms with Gasteiger partial charge >= 0.3 is 0 Å². The van der Waals surface area contributed by atoms with Crippen LogP contribution < -0.4 is 5.73 Å². The number of nitrogens with two attached hydrogens (primary N) is 1. The van der Waals surface area contributed by atoms with Crippen LogP contribution in [-0.2, 0) is 0 Å². The summed E-state index contributed by atoms with van der Waals surface area (Å²) in [6.45, 7) is 6.08. The van der Waals surface area contributed by atoms with Crippen LogP contribution in [0.25, 0.3) is 0 Å².